The quantitative estimate of drug-likeness (QED) is 0.917. The van der Waals surface area contributed by atoms with Crippen LogP contribution in [0.5, 0.6) is 0 Å². The Hall–Kier alpha value is -1.68. The first kappa shape index (κ1) is 15.2. The number of rotatable bonds is 5. The van der Waals surface area contributed by atoms with Crippen molar-refractivity contribution in [2.45, 2.75) is 19.2 Å². The number of hydrogen-bond acceptors (Lipinski definition) is 3. The van der Waals surface area contributed by atoms with Crippen LogP contribution in [-0.4, -0.2) is 47.3 Å². The highest BCUT2D eigenvalue weighted by Gasteiger charge is 2.24. The molecule has 1 saturated heterocycles. The Morgan fingerprint density at radius 1 is 0.864 bits per heavy atom. The number of piperazine rings is 1. The smallest absolute Gasteiger partial charge is 0.120 e. The Labute approximate surface area is 132 Å². The first-order valence-corrected chi connectivity index (χ1v) is 8.03. The molecule has 22 heavy (non-hydrogen) atoms. The summed E-state index contributed by atoms with van der Waals surface area (Å²) in [5.41, 5.74) is 2.65. The molecule has 0 aliphatic carbocycles. The van der Waals surface area contributed by atoms with Crippen molar-refractivity contribution in [1.82, 2.24) is 9.80 Å². The molecule has 0 spiro atoms. The SMILES string of the molecule is OC1CN(Cc2ccccc2)CCN1CCc1ccccc1. The second-order valence-corrected chi connectivity index (χ2v) is 5.97. The number of β-amino-alcohol motifs (C(OH)–C–C–N with tert-alkyl or cyclic N) is 1. The Kier molecular flexibility index (Phi) is 5.22. The van der Waals surface area contributed by atoms with Crippen molar-refractivity contribution in [3.63, 3.8) is 0 Å². The summed E-state index contributed by atoms with van der Waals surface area (Å²) in [5, 5.41) is 10.4. The first-order chi connectivity index (χ1) is 10.8. The van der Waals surface area contributed by atoms with Crippen molar-refractivity contribution in [1.29, 1.82) is 0 Å². The van der Waals surface area contributed by atoms with E-state index >= 15 is 0 Å². The molecule has 1 fully saturated rings. The van der Waals surface area contributed by atoms with Crippen LogP contribution in [-0.2, 0) is 13.0 Å². The Morgan fingerprint density at radius 3 is 2.14 bits per heavy atom. The van der Waals surface area contributed by atoms with E-state index in [1.165, 1.54) is 11.1 Å². The summed E-state index contributed by atoms with van der Waals surface area (Å²) in [4.78, 5) is 4.52. The Balaban J connectivity index is 1.48. The standard InChI is InChI=1S/C19H24N2O/c22-19-16-20(15-18-9-5-2-6-10-18)13-14-21(19)12-11-17-7-3-1-4-8-17/h1-10,19,22H,11-16H2. The zero-order chi connectivity index (χ0) is 15.2. The highest BCUT2D eigenvalue weighted by molar-refractivity contribution is 5.15. The average molecular weight is 296 g/mol. The molecule has 0 radical (unpaired) electrons. The molecule has 3 heteroatoms. The molecule has 3 nitrogen and oxygen atoms in total. The molecule has 2 aromatic carbocycles. The van der Waals surface area contributed by atoms with Crippen molar-refractivity contribution in [3.05, 3.63) is 71.8 Å². The molecule has 3 rings (SSSR count). The lowest BCUT2D eigenvalue weighted by atomic mass is 10.1. The summed E-state index contributed by atoms with van der Waals surface area (Å²) < 4.78 is 0. The Bertz CT molecular complexity index is 558. The van der Waals surface area contributed by atoms with Crippen LogP contribution in [0.3, 0.4) is 0 Å². The van der Waals surface area contributed by atoms with E-state index in [4.69, 9.17) is 0 Å². The summed E-state index contributed by atoms with van der Waals surface area (Å²) in [6, 6.07) is 21.0. The van der Waals surface area contributed by atoms with Gasteiger partial charge in [0.05, 0.1) is 0 Å². The van der Waals surface area contributed by atoms with Crippen LogP contribution in [0, 0.1) is 0 Å². The molecule has 1 aliphatic heterocycles. The van der Waals surface area contributed by atoms with Gasteiger partial charge in [-0.05, 0) is 17.5 Å². The van der Waals surface area contributed by atoms with Gasteiger partial charge in [0.2, 0.25) is 0 Å². The fourth-order valence-corrected chi connectivity index (χ4v) is 3.02. The maximum atomic E-state index is 10.4. The number of benzene rings is 2. The molecular formula is C19H24N2O. The van der Waals surface area contributed by atoms with Gasteiger partial charge in [0.1, 0.15) is 6.23 Å². The van der Waals surface area contributed by atoms with Crippen LogP contribution >= 0.6 is 0 Å². The molecule has 116 valence electrons. The second-order valence-electron chi connectivity index (χ2n) is 5.97. The zero-order valence-electron chi connectivity index (χ0n) is 12.9. The first-order valence-electron chi connectivity index (χ1n) is 8.03. The van der Waals surface area contributed by atoms with Crippen LogP contribution < -0.4 is 0 Å². The van der Waals surface area contributed by atoms with Gasteiger partial charge >= 0.3 is 0 Å². The molecule has 1 unspecified atom stereocenters. The fourth-order valence-electron chi connectivity index (χ4n) is 3.02. The fraction of sp³-hybridized carbons (Fsp3) is 0.368. The largest absolute Gasteiger partial charge is 0.377 e. The van der Waals surface area contributed by atoms with Gasteiger partial charge in [-0.2, -0.15) is 0 Å². The number of aliphatic hydroxyl groups excluding tert-OH is 1. The number of aliphatic hydroxyl groups is 1. The van der Waals surface area contributed by atoms with Gasteiger partial charge in [-0.15, -0.1) is 0 Å². The zero-order valence-corrected chi connectivity index (χ0v) is 12.9. The van der Waals surface area contributed by atoms with Gasteiger partial charge in [-0.1, -0.05) is 60.7 Å². The molecule has 2 aromatic rings. The van der Waals surface area contributed by atoms with E-state index in [1.54, 1.807) is 0 Å². The van der Waals surface area contributed by atoms with Crippen molar-refractivity contribution in [2.75, 3.05) is 26.2 Å². The molecule has 0 amide bonds. The van der Waals surface area contributed by atoms with E-state index in [0.717, 1.165) is 39.1 Å². The van der Waals surface area contributed by atoms with E-state index in [-0.39, 0.29) is 6.23 Å². The molecule has 1 aliphatic rings. The second kappa shape index (κ2) is 7.54. The van der Waals surface area contributed by atoms with Crippen molar-refractivity contribution in [2.24, 2.45) is 0 Å². The normalized spacial score (nSPS) is 20.1. The summed E-state index contributed by atoms with van der Waals surface area (Å²) >= 11 is 0. The lowest BCUT2D eigenvalue weighted by Crippen LogP contribution is -2.53. The van der Waals surface area contributed by atoms with Crippen molar-refractivity contribution in [3.8, 4) is 0 Å². The predicted molar refractivity (Wildman–Crippen MR) is 89.4 cm³/mol. The maximum absolute atomic E-state index is 10.4. The maximum Gasteiger partial charge on any atom is 0.120 e. The summed E-state index contributed by atoms with van der Waals surface area (Å²) in [6.07, 6.45) is 0.637. The predicted octanol–water partition coefficient (Wildman–Crippen LogP) is 2.37. The highest BCUT2D eigenvalue weighted by Crippen LogP contribution is 2.13. The third-order valence-electron chi connectivity index (χ3n) is 4.33. The minimum Gasteiger partial charge on any atom is -0.377 e. The van der Waals surface area contributed by atoms with Crippen LogP contribution in [0.15, 0.2) is 60.7 Å². The van der Waals surface area contributed by atoms with Gasteiger partial charge in [0.15, 0.2) is 0 Å². The minimum atomic E-state index is -0.360. The van der Waals surface area contributed by atoms with Gasteiger partial charge in [0.25, 0.3) is 0 Å². The lowest BCUT2D eigenvalue weighted by molar-refractivity contribution is -0.0571. The molecule has 0 aromatic heterocycles. The molecule has 0 saturated carbocycles. The Morgan fingerprint density at radius 2 is 1.50 bits per heavy atom. The van der Waals surface area contributed by atoms with Crippen LogP contribution in [0.4, 0.5) is 0 Å². The highest BCUT2D eigenvalue weighted by atomic mass is 16.3. The lowest BCUT2D eigenvalue weighted by Gasteiger charge is -2.38. The van der Waals surface area contributed by atoms with Crippen LogP contribution in [0.1, 0.15) is 11.1 Å². The molecule has 1 N–H and O–H groups in total. The van der Waals surface area contributed by atoms with Gasteiger partial charge < -0.3 is 5.11 Å². The van der Waals surface area contributed by atoms with E-state index in [0.29, 0.717) is 0 Å². The number of hydrogen-bond donors (Lipinski definition) is 1. The van der Waals surface area contributed by atoms with E-state index in [9.17, 15) is 5.11 Å². The van der Waals surface area contributed by atoms with E-state index in [2.05, 4.69) is 58.3 Å². The van der Waals surface area contributed by atoms with Crippen molar-refractivity contribution >= 4 is 0 Å². The topological polar surface area (TPSA) is 26.7 Å². The van der Waals surface area contributed by atoms with Gasteiger partial charge in [-0.3, -0.25) is 9.80 Å². The van der Waals surface area contributed by atoms with E-state index in [1.807, 2.05) is 12.1 Å². The summed E-state index contributed by atoms with van der Waals surface area (Å²) in [5.74, 6) is 0. The molecule has 1 atom stereocenters. The van der Waals surface area contributed by atoms with Crippen LogP contribution in [0.25, 0.3) is 0 Å². The third kappa shape index (κ3) is 4.17. The van der Waals surface area contributed by atoms with Gasteiger partial charge in [0, 0.05) is 32.7 Å². The van der Waals surface area contributed by atoms with Gasteiger partial charge in [-0.25, -0.2) is 0 Å². The average Bonchev–Trinajstić information content (AvgIpc) is 2.56. The molecule has 0 bridgehead atoms. The third-order valence-corrected chi connectivity index (χ3v) is 4.33. The van der Waals surface area contributed by atoms with E-state index < -0.39 is 0 Å². The summed E-state index contributed by atoms with van der Waals surface area (Å²) in [6.45, 7) is 4.51. The molecule has 1 heterocycles. The van der Waals surface area contributed by atoms with Crippen LogP contribution in [0.2, 0.25) is 0 Å². The molecular weight excluding hydrogens is 272 g/mol. The summed E-state index contributed by atoms with van der Waals surface area (Å²) in [7, 11) is 0. The minimum absolute atomic E-state index is 0.360. The van der Waals surface area contributed by atoms with Crippen molar-refractivity contribution < 1.29 is 5.11 Å². The number of nitrogens with zero attached hydrogens (tertiary/aromatic N) is 2. The monoisotopic (exact) mass is 296 g/mol.